The van der Waals surface area contributed by atoms with Gasteiger partial charge in [0, 0.05) is 12.1 Å². The molecule has 1 unspecified atom stereocenters. The van der Waals surface area contributed by atoms with E-state index in [4.69, 9.17) is 9.47 Å². The first-order valence-electron chi connectivity index (χ1n) is 8.74. The van der Waals surface area contributed by atoms with Gasteiger partial charge in [0.1, 0.15) is 21.4 Å². The average Bonchev–Trinajstić information content (AvgIpc) is 3.47. The van der Waals surface area contributed by atoms with Crippen molar-refractivity contribution in [3.8, 4) is 21.4 Å². The van der Waals surface area contributed by atoms with E-state index in [2.05, 4.69) is 4.98 Å². The van der Waals surface area contributed by atoms with Crippen LogP contribution in [0.5, 0.6) is 11.5 Å². The van der Waals surface area contributed by atoms with E-state index < -0.39 is 0 Å². The average molecular weight is 401 g/mol. The summed E-state index contributed by atoms with van der Waals surface area (Å²) in [6.45, 7) is 0.732. The summed E-state index contributed by atoms with van der Waals surface area (Å²) in [4.78, 5) is 21.3. The standard InChI is InChI=1S/C20H20N2O3S2/c1-24-13-7-8-16(25-2)14(11-13)15-5-3-9-22(15)20(23)18-12-21-19(27-18)17-6-4-10-26-17/h4,6-8,10-12,15H,3,5,9H2,1-2H3. The number of thiophene rings is 1. The Labute approximate surface area is 166 Å². The summed E-state index contributed by atoms with van der Waals surface area (Å²) in [6, 6.07) is 9.75. The van der Waals surface area contributed by atoms with Crippen molar-refractivity contribution in [1.29, 1.82) is 0 Å². The van der Waals surface area contributed by atoms with Crippen molar-refractivity contribution in [2.24, 2.45) is 0 Å². The van der Waals surface area contributed by atoms with Gasteiger partial charge in [-0.15, -0.1) is 22.7 Å². The van der Waals surface area contributed by atoms with Crippen LogP contribution < -0.4 is 9.47 Å². The van der Waals surface area contributed by atoms with E-state index in [1.54, 1.807) is 31.8 Å². The van der Waals surface area contributed by atoms with E-state index in [-0.39, 0.29) is 11.9 Å². The molecule has 140 valence electrons. The number of amides is 1. The monoisotopic (exact) mass is 400 g/mol. The molecule has 1 saturated heterocycles. The highest BCUT2D eigenvalue weighted by Crippen LogP contribution is 2.40. The van der Waals surface area contributed by atoms with Crippen molar-refractivity contribution in [2.45, 2.75) is 18.9 Å². The molecule has 1 aliphatic rings. The highest BCUT2D eigenvalue weighted by molar-refractivity contribution is 7.21. The molecule has 0 spiro atoms. The molecule has 5 nitrogen and oxygen atoms in total. The Hall–Kier alpha value is -2.38. The first kappa shape index (κ1) is 18.0. The Balaban J connectivity index is 1.63. The summed E-state index contributed by atoms with van der Waals surface area (Å²) in [6.07, 6.45) is 3.57. The van der Waals surface area contributed by atoms with Crippen LogP contribution in [-0.2, 0) is 0 Å². The van der Waals surface area contributed by atoms with Gasteiger partial charge >= 0.3 is 0 Å². The fraction of sp³-hybridized carbons (Fsp3) is 0.300. The Morgan fingerprint density at radius 2 is 2.15 bits per heavy atom. The Morgan fingerprint density at radius 3 is 2.89 bits per heavy atom. The third-order valence-corrected chi connectivity index (χ3v) is 6.78. The topological polar surface area (TPSA) is 51.7 Å². The highest BCUT2D eigenvalue weighted by Gasteiger charge is 2.33. The number of hydrogen-bond acceptors (Lipinski definition) is 6. The molecule has 1 aliphatic heterocycles. The minimum atomic E-state index is -0.0187. The number of carbonyl (C=O) groups excluding carboxylic acids is 1. The van der Waals surface area contributed by atoms with Crippen molar-refractivity contribution in [3.05, 3.63) is 52.3 Å². The number of thiazole rings is 1. The molecule has 1 amide bonds. The molecular formula is C20H20N2O3S2. The maximum absolute atomic E-state index is 13.2. The predicted octanol–water partition coefficient (Wildman–Crippen LogP) is 4.87. The molecular weight excluding hydrogens is 380 g/mol. The Morgan fingerprint density at radius 1 is 1.26 bits per heavy atom. The van der Waals surface area contributed by atoms with Gasteiger partial charge in [-0.2, -0.15) is 0 Å². The van der Waals surface area contributed by atoms with E-state index in [0.29, 0.717) is 4.88 Å². The lowest BCUT2D eigenvalue weighted by Gasteiger charge is -2.26. The SMILES string of the molecule is COc1ccc(OC)c(C2CCCN2C(=O)c2cnc(-c3cccs3)s2)c1. The molecule has 27 heavy (non-hydrogen) atoms. The second-order valence-corrected chi connectivity index (χ2v) is 8.25. The molecule has 7 heteroatoms. The fourth-order valence-electron chi connectivity index (χ4n) is 3.46. The number of ether oxygens (including phenoxy) is 2. The van der Waals surface area contributed by atoms with Crippen LogP contribution in [0.3, 0.4) is 0 Å². The normalized spacial score (nSPS) is 16.5. The number of nitrogens with zero attached hydrogens (tertiary/aromatic N) is 2. The highest BCUT2D eigenvalue weighted by atomic mass is 32.1. The van der Waals surface area contributed by atoms with Crippen molar-refractivity contribution in [1.82, 2.24) is 9.88 Å². The van der Waals surface area contributed by atoms with E-state index in [0.717, 1.165) is 46.3 Å². The van der Waals surface area contributed by atoms with E-state index in [1.807, 2.05) is 40.6 Å². The number of aromatic nitrogens is 1. The zero-order chi connectivity index (χ0) is 18.8. The Kier molecular flexibility index (Phi) is 5.13. The molecule has 0 aliphatic carbocycles. The second-order valence-electron chi connectivity index (χ2n) is 6.27. The molecule has 4 rings (SSSR count). The van der Waals surface area contributed by atoms with Crippen molar-refractivity contribution in [2.75, 3.05) is 20.8 Å². The maximum Gasteiger partial charge on any atom is 0.266 e. The van der Waals surface area contributed by atoms with Crippen molar-refractivity contribution < 1.29 is 14.3 Å². The molecule has 0 radical (unpaired) electrons. The maximum atomic E-state index is 13.2. The quantitative estimate of drug-likeness (QED) is 0.613. The largest absolute Gasteiger partial charge is 0.497 e. The first-order chi connectivity index (χ1) is 13.2. The number of hydrogen-bond donors (Lipinski definition) is 0. The first-order valence-corrected chi connectivity index (χ1v) is 10.4. The molecule has 3 heterocycles. The molecule has 0 saturated carbocycles. The molecule has 3 aromatic rings. The second kappa shape index (κ2) is 7.70. The third-order valence-electron chi connectivity index (χ3n) is 4.76. The number of benzene rings is 1. The molecule has 1 aromatic carbocycles. The zero-order valence-electron chi connectivity index (χ0n) is 15.2. The van der Waals surface area contributed by atoms with E-state index >= 15 is 0 Å². The lowest BCUT2D eigenvalue weighted by molar-refractivity contribution is 0.0738. The van der Waals surface area contributed by atoms with Gasteiger partial charge in [-0.3, -0.25) is 4.79 Å². The van der Waals surface area contributed by atoms with Crippen LogP contribution in [0, 0.1) is 0 Å². The third kappa shape index (κ3) is 3.44. The van der Waals surface area contributed by atoms with Crippen LogP contribution in [-0.4, -0.2) is 36.6 Å². The fourth-order valence-corrected chi connectivity index (χ4v) is 5.14. The molecule has 0 bridgehead atoms. The van der Waals surface area contributed by atoms with Crippen molar-refractivity contribution >= 4 is 28.6 Å². The van der Waals surface area contributed by atoms with Gasteiger partial charge in [0.05, 0.1) is 31.3 Å². The van der Waals surface area contributed by atoms with Gasteiger partial charge in [-0.25, -0.2) is 4.98 Å². The number of likely N-dealkylation sites (tertiary alicyclic amines) is 1. The number of rotatable bonds is 5. The van der Waals surface area contributed by atoms with Gasteiger partial charge < -0.3 is 14.4 Å². The summed E-state index contributed by atoms with van der Waals surface area (Å²) in [5, 5.41) is 2.91. The molecule has 2 aromatic heterocycles. The van der Waals surface area contributed by atoms with Crippen LogP contribution >= 0.6 is 22.7 Å². The van der Waals surface area contributed by atoms with E-state index in [9.17, 15) is 4.79 Å². The lowest BCUT2D eigenvalue weighted by atomic mass is 10.0. The molecule has 1 fully saturated rings. The minimum Gasteiger partial charge on any atom is -0.497 e. The van der Waals surface area contributed by atoms with Crippen LogP contribution in [0.2, 0.25) is 0 Å². The van der Waals surface area contributed by atoms with Crippen LogP contribution in [0.4, 0.5) is 0 Å². The summed E-state index contributed by atoms with van der Waals surface area (Å²) in [7, 11) is 3.30. The minimum absolute atomic E-state index is 0.0187. The summed E-state index contributed by atoms with van der Waals surface area (Å²) >= 11 is 3.08. The van der Waals surface area contributed by atoms with E-state index in [1.165, 1.54) is 11.3 Å². The van der Waals surface area contributed by atoms with Crippen molar-refractivity contribution in [3.63, 3.8) is 0 Å². The van der Waals surface area contributed by atoms with Gasteiger partial charge in [0.15, 0.2) is 0 Å². The van der Waals surface area contributed by atoms with Crippen LogP contribution in [0.15, 0.2) is 41.9 Å². The zero-order valence-corrected chi connectivity index (χ0v) is 16.8. The lowest BCUT2D eigenvalue weighted by Crippen LogP contribution is -2.30. The van der Waals surface area contributed by atoms with Crippen LogP contribution in [0.1, 0.15) is 34.1 Å². The smallest absolute Gasteiger partial charge is 0.266 e. The molecule has 0 N–H and O–H groups in total. The van der Waals surface area contributed by atoms with Gasteiger partial charge in [-0.05, 0) is 42.5 Å². The number of carbonyl (C=O) groups is 1. The summed E-state index contributed by atoms with van der Waals surface area (Å²) in [5.41, 5.74) is 0.991. The van der Waals surface area contributed by atoms with Gasteiger partial charge in [0.25, 0.3) is 5.91 Å². The number of methoxy groups -OCH3 is 2. The van der Waals surface area contributed by atoms with Crippen LogP contribution in [0.25, 0.3) is 9.88 Å². The molecule has 1 atom stereocenters. The summed E-state index contributed by atoms with van der Waals surface area (Å²) in [5.74, 6) is 1.58. The van der Waals surface area contributed by atoms with Gasteiger partial charge in [0.2, 0.25) is 0 Å². The van der Waals surface area contributed by atoms with Gasteiger partial charge in [-0.1, -0.05) is 6.07 Å². The predicted molar refractivity (Wildman–Crippen MR) is 108 cm³/mol. The Bertz CT molecular complexity index is 937. The summed E-state index contributed by atoms with van der Waals surface area (Å²) < 4.78 is 10.9.